The molecular weight excluding hydrogens is 430 g/mol. The molecule has 178 valence electrons. The van der Waals surface area contributed by atoms with Crippen molar-refractivity contribution >= 4 is 17.6 Å². The van der Waals surface area contributed by atoms with Gasteiger partial charge in [0.05, 0.1) is 18.4 Å². The number of halogens is 2. The summed E-state index contributed by atoms with van der Waals surface area (Å²) in [6, 6.07) is 7.01. The molecule has 0 radical (unpaired) electrons. The fourth-order valence-electron chi connectivity index (χ4n) is 4.14. The van der Waals surface area contributed by atoms with Crippen LogP contribution in [0.15, 0.2) is 30.3 Å². The summed E-state index contributed by atoms with van der Waals surface area (Å²) in [7, 11) is 1.58. The van der Waals surface area contributed by atoms with E-state index in [0.717, 1.165) is 62.9 Å². The summed E-state index contributed by atoms with van der Waals surface area (Å²) in [5.74, 6) is -0.876. The van der Waals surface area contributed by atoms with Crippen molar-refractivity contribution in [1.29, 1.82) is 0 Å². The highest BCUT2D eigenvalue weighted by atomic mass is 19.1. The Morgan fingerprint density at radius 3 is 2.67 bits per heavy atom. The fraction of sp³-hybridized carbons (Fsp3) is 0.458. The van der Waals surface area contributed by atoms with Gasteiger partial charge in [-0.25, -0.2) is 4.79 Å². The Morgan fingerprint density at radius 1 is 1.18 bits per heavy atom. The first-order valence-corrected chi connectivity index (χ1v) is 11.2. The number of amides is 3. The summed E-state index contributed by atoms with van der Waals surface area (Å²) < 4.78 is 31.5. The summed E-state index contributed by atoms with van der Waals surface area (Å²) in [6.45, 7) is 3.88. The van der Waals surface area contributed by atoms with E-state index in [1.807, 2.05) is 30.0 Å². The van der Waals surface area contributed by atoms with Crippen LogP contribution in [0.4, 0.5) is 19.3 Å². The number of anilines is 1. The number of nitrogens with one attached hydrogen (secondary N) is 2. The first-order valence-electron chi connectivity index (χ1n) is 11.2. The Labute approximate surface area is 192 Å². The van der Waals surface area contributed by atoms with E-state index in [-0.39, 0.29) is 11.6 Å². The number of rotatable bonds is 9. The van der Waals surface area contributed by atoms with E-state index in [1.165, 1.54) is 0 Å². The molecule has 1 unspecified atom stereocenters. The van der Waals surface area contributed by atoms with Gasteiger partial charge in [-0.2, -0.15) is 13.8 Å². The third-order valence-corrected chi connectivity index (χ3v) is 5.84. The van der Waals surface area contributed by atoms with Crippen molar-refractivity contribution in [2.24, 2.45) is 5.92 Å². The van der Waals surface area contributed by atoms with Gasteiger partial charge >= 0.3 is 6.03 Å². The molecule has 1 aromatic heterocycles. The second-order valence-electron chi connectivity index (χ2n) is 8.29. The lowest BCUT2D eigenvalue weighted by atomic mass is 10.0. The zero-order valence-corrected chi connectivity index (χ0v) is 19.0. The van der Waals surface area contributed by atoms with Crippen LogP contribution in [0.5, 0.6) is 5.75 Å². The van der Waals surface area contributed by atoms with Crippen molar-refractivity contribution in [2.45, 2.75) is 39.0 Å². The number of methoxy groups -OCH3 is 1. The molecule has 0 aliphatic carbocycles. The number of ether oxygens (including phenoxy) is 1. The maximum absolute atomic E-state index is 13.1. The largest absolute Gasteiger partial charge is 0.496 e. The zero-order chi connectivity index (χ0) is 23.8. The zero-order valence-electron chi connectivity index (χ0n) is 19.0. The Morgan fingerprint density at radius 2 is 1.94 bits per heavy atom. The summed E-state index contributed by atoms with van der Waals surface area (Å²) in [4.78, 5) is 29.7. The molecular formula is C24H30F2N4O3. The number of aryl methyl sites for hydroxylation is 1. The number of urea groups is 1. The average molecular weight is 461 g/mol. The maximum Gasteiger partial charge on any atom is 0.319 e. The number of pyridine rings is 1. The molecule has 3 amide bonds. The van der Waals surface area contributed by atoms with Crippen molar-refractivity contribution in [3.63, 3.8) is 0 Å². The smallest absolute Gasteiger partial charge is 0.319 e. The second-order valence-corrected chi connectivity index (χ2v) is 8.29. The first-order chi connectivity index (χ1) is 15.9. The molecule has 1 saturated heterocycles. The van der Waals surface area contributed by atoms with Gasteiger partial charge < -0.3 is 20.3 Å². The quantitative estimate of drug-likeness (QED) is 0.426. The molecule has 3 rings (SSSR count). The highest BCUT2D eigenvalue weighted by molar-refractivity contribution is 5.98. The van der Waals surface area contributed by atoms with Gasteiger partial charge in [0.1, 0.15) is 5.75 Å². The number of likely N-dealkylation sites (tertiary alicyclic amines) is 1. The number of carbonyl (C=O) groups is 2. The van der Waals surface area contributed by atoms with Gasteiger partial charge in [0.25, 0.3) is 5.91 Å². The van der Waals surface area contributed by atoms with Gasteiger partial charge in [0.2, 0.25) is 11.9 Å². The molecule has 1 aliphatic heterocycles. The van der Waals surface area contributed by atoms with Crippen molar-refractivity contribution in [1.82, 2.24) is 15.2 Å². The van der Waals surface area contributed by atoms with Crippen LogP contribution in [0.1, 0.15) is 48.0 Å². The first kappa shape index (κ1) is 24.4. The topological polar surface area (TPSA) is 83.6 Å². The third-order valence-electron chi connectivity index (χ3n) is 5.84. The summed E-state index contributed by atoms with van der Waals surface area (Å²) in [5, 5.41) is 5.06. The highest BCUT2D eigenvalue weighted by Crippen LogP contribution is 2.28. The molecule has 1 aliphatic rings. The minimum atomic E-state index is -0.990. The highest BCUT2D eigenvalue weighted by Gasteiger charge is 2.29. The van der Waals surface area contributed by atoms with E-state index in [9.17, 15) is 18.4 Å². The van der Waals surface area contributed by atoms with Crippen LogP contribution in [-0.4, -0.2) is 48.6 Å². The molecule has 0 spiro atoms. The Hall–Kier alpha value is -3.23. The van der Waals surface area contributed by atoms with Crippen LogP contribution in [-0.2, 0) is 0 Å². The average Bonchev–Trinajstić information content (AvgIpc) is 3.23. The van der Waals surface area contributed by atoms with Crippen LogP contribution in [0, 0.1) is 24.7 Å². The van der Waals surface area contributed by atoms with Gasteiger partial charge in [-0.15, -0.1) is 0 Å². The van der Waals surface area contributed by atoms with E-state index in [1.54, 1.807) is 7.11 Å². The number of hydrogen-bond acceptors (Lipinski definition) is 4. The van der Waals surface area contributed by atoms with Crippen LogP contribution < -0.4 is 15.4 Å². The molecule has 7 nitrogen and oxygen atoms in total. The van der Waals surface area contributed by atoms with Gasteiger partial charge in [-0.3, -0.25) is 4.79 Å². The molecule has 2 N–H and O–H groups in total. The summed E-state index contributed by atoms with van der Waals surface area (Å²) in [5.41, 5.74) is 1.57. The van der Waals surface area contributed by atoms with Gasteiger partial charge in [-0.05, 0) is 43.7 Å². The minimum absolute atomic E-state index is 0.0150. The van der Waals surface area contributed by atoms with Crippen LogP contribution in [0.2, 0.25) is 0 Å². The molecule has 1 aromatic carbocycles. The van der Waals surface area contributed by atoms with Gasteiger partial charge in [0.15, 0.2) is 0 Å². The molecule has 2 aromatic rings. The lowest BCUT2D eigenvalue weighted by Gasteiger charge is -2.19. The molecule has 1 atom stereocenters. The number of benzene rings is 1. The van der Waals surface area contributed by atoms with E-state index < -0.39 is 17.9 Å². The normalized spacial score (nSPS) is 15.4. The standard InChI is InChI=1S/C24H30F2N4O3/c1-16-7-6-9-19(33-2)22(16)23(31)30-12-10-17(15-30)8-4-3-5-11-27-24(32)28-18-13-20(25)29-21(26)14-18/h6-7,9,13-14,17H,3-5,8,10-12,15H2,1-2H3,(H2,27,28,29,32). The molecule has 1 fully saturated rings. The number of unbranched alkanes of at least 4 members (excludes halogenated alkanes) is 2. The Balaban J connectivity index is 1.33. The number of hydrogen-bond donors (Lipinski definition) is 2. The minimum Gasteiger partial charge on any atom is -0.496 e. The molecule has 2 heterocycles. The Bertz CT molecular complexity index is 966. The maximum atomic E-state index is 13.1. The number of nitrogens with zero attached hydrogens (tertiary/aromatic N) is 2. The predicted octanol–water partition coefficient (Wildman–Crippen LogP) is 4.52. The summed E-state index contributed by atoms with van der Waals surface area (Å²) >= 11 is 0. The van der Waals surface area contributed by atoms with Gasteiger partial charge in [0, 0.05) is 31.8 Å². The summed E-state index contributed by atoms with van der Waals surface area (Å²) in [6.07, 6.45) is 4.75. The van der Waals surface area contributed by atoms with Crippen molar-refractivity contribution in [3.05, 3.63) is 53.4 Å². The molecule has 0 bridgehead atoms. The fourth-order valence-corrected chi connectivity index (χ4v) is 4.14. The number of carbonyl (C=O) groups excluding carboxylic acids is 2. The predicted molar refractivity (Wildman–Crippen MR) is 121 cm³/mol. The molecule has 9 heteroatoms. The van der Waals surface area contributed by atoms with E-state index in [2.05, 4.69) is 15.6 Å². The Kier molecular flexibility index (Phi) is 8.57. The van der Waals surface area contributed by atoms with Crippen LogP contribution >= 0.6 is 0 Å². The number of aromatic nitrogens is 1. The van der Waals surface area contributed by atoms with E-state index >= 15 is 0 Å². The molecule has 0 saturated carbocycles. The SMILES string of the molecule is COc1cccc(C)c1C(=O)N1CCC(CCCCCNC(=O)Nc2cc(F)nc(F)c2)C1. The lowest BCUT2D eigenvalue weighted by molar-refractivity contribution is 0.0782. The van der Waals surface area contributed by atoms with Crippen LogP contribution in [0.3, 0.4) is 0 Å². The molecule has 33 heavy (non-hydrogen) atoms. The third kappa shape index (κ3) is 6.87. The second kappa shape index (κ2) is 11.6. The van der Waals surface area contributed by atoms with Crippen molar-refractivity contribution in [3.8, 4) is 5.75 Å². The monoisotopic (exact) mass is 460 g/mol. The van der Waals surface area contributed by atoms with E-state index in [0.29, 0.717) is 23.8 Å². The van der Waals surface area contributed by atoms with Crippen molar-refractivity contribution in [2.75, 3.05) is 32.1 Å². The van der Waals surface area contributed by atoms with Crippen molar-refractivity contribution < 1.29 is 23.1 Å². The van der Waals surface area contributed by atoms with E-state index in [4.69, 9.17) is 4.74 Å². The lowest BCUT2D eigenvalue weighted by Crippen LogP contribution is -2.30. The van der Waals surface area contributed by atoms with Gasteiger partial charge in [-0.1, -0.05) is 25.0 Å². The van der Waals surface area contributed by atoms with Crippen LogP contribution in [0.25, 0.3) is 0 Å².